The Morgan fingerprint density at radius 2 is 1.76 bits per heavy atom. The highest BCUT2D eigenvalue weighted by molar-refractivity contribution is 5.99. The molecule has 0 bridgehead atoms. The van der Waals surface area contributed by atoms with Gasteiger partial charge in [-0.25, -0.2) is 0 Å². The van der Waals surface area contributed by atoms with E-state index in [0.717, 1.165) is 40.1 Å². The number of halogens is 3. The lowest BCUT2D eigenvalue weighted by atomic mass is 10.0. The van der Waals surface area contributed by atoms with Crippen LogP contribution in [-0.4, -0.2) is 20.7 Å². The van der Waals surface area contributed by atoms with Gasteiger partial charge in [0, 0.05) is 23.5 Å². The van der Waals surface area contributed by atoms with Crippen LogP contribution in [0.2, 0.25) is 0 Å². The third-order valence-electron chi connectivity index (χ3n) is 4.95. The number of rotatable bonds is 6. The average molecular weight is 448 g/mol. The number of nitrogens with zero attached hydrogens (tertiary/aromatic N) is 3. The quantitative estimate of drug-likeness (QED) is 0.379. The lowest BCUT2D eigenvalue weighted by Gasteiger charge is -2.08. The summed E-state index contributed by atoms with van der Waals surface area (Å²) in [5.74, 6) is -0.318. The van der Waals surface area contributed by atoms with E-state index >= 15 is 0 Å². The van der Waals surface area contributed by atoms with E-state index in [1.165, 1.54) is 18.2 Å². The second-order valence-corrected chi connectivity index (χ2v) is 7.33. The Hall–Kier alpha value is -4.20. The Bertz CT molecular complexity index is 1290. The van der Waals surface area contributed by atoms with Crippen molar-refractivity contribution < 1.29 is 18.0 Å². The third-order valence-corrected chi connectivity index (χ3v) is 4.95. The van der Waals surface area contributed by atoms with Crippen molar-refractivity contribution in [2.75, 3.05) is 5.32 Å². The number of hydrogen-bond donors (Lipinski definition) is 1. The molecule has 0 unspecified atom stereocenters. The highest BCUT2D eigenvalue weighted by atomic mass is 19.4. The number of nitrogens with one attached hydrogen (secondary N) is 1. The largest absolute Gasteiger partial charge is 0.416 e. The molecular weight excluding hydrogens is 429 g/mol. The maximum atomic E-state index is 12.7. The van der Waals surface area contributed by atoms with Crippen LogP contribution < -0.4 is 5.32 Å². The summed E-state index contributed by atoms with van der Waals surface area (Å²) < 4.78 is 39.9. The molecule has 2 heterocycles. The average Bonchev–Trinajstić information content (AvgIpc) is 3.27. The molecule has 33 heavy (non-hydrogen) atoms. The van der Waals surface area contributed by atoms with Crippen molar-refractivity contribution in [2.45, 2.75) is 12.7 Å². The van der Waals surface area contributed by atoms with E-state index in [-0.39, 0.29) is 5.91 Å². The summed E-state index contributed by atoms with van der Waals surface area (Å²) in [5, 5.41) is 7.25. The number of carbonyl (C=O) groups excluding carboxylic acids is 1. The van der Waals surface area contributed by atoms with Gasteiger partial charge in [-0.2, -0.15) is 18.3 Å². The molecule has 1 N–H and O–H groups in total. The van der Waals surface area contributed by atoms with Crippen LogP contribution in [0, 0.1) is 0 Å². The Kier molecular flexibility index (Phi) is 6.08. The Morgan fingerprint density at radius 1 is 1.00 bits per heavy atom. The highest BCUT2D eigenvalue weighted by Crippen LogP contribution is 2.29. The first kappa shape index (κ1) is 22.0. The zero-order chi connectivity index (χ0) is 23.4. The minimum atomic E-state index is -4.35. The normalized spacial score (nSPS) is 11.2. The SMILES string of the molecule is C=CC(=O)Nc1cncc(-c2cccc(-c3ccn(Cc4ccc(C(F)(F)F)cc4)n3)c2)c1. The standard InChI is InChI=1S/C25H19F3N4O/c1-2-24(33)30-22-13-20(14-29-15-22)18-4-3-5-19(12-18)23-10-11-32(31-23)16-17-6-8-21(9-7-17)25(26,27)28/h2-15H,1,16H2,(H,30,33). The van der Waals surface area contributed by atoms with Gasteiger partial charge in [0.05, 0.1) is 29.7 Å². The van der Waals surface area contributed by atoms with Gasteiger partial charge in [-0.15, -0.1) is 0 Å². The van der Waals surface area contributed by atoms with Gasteiger partial charge in [-0.05, 0) is 47.5 Å². The fourth-order valence-corrected chi connectivity index (χ4v) is 3.31. The number of pyridine rings is 1. The highest BCUT2D eigenvalue weighted by Gasteiger charge is 2.29. The number of benzene rings is 2. The molecule has 2 aromatic carbocycles. The van der Waals surface area contributed by atoms with Gasteiger partial charge >= 0.3 is 6.18 Å². The minimum Gasteiger partial charge on any atom is -0.321 e. The minimum absolute atomic E-state index is 0.318. The van der Waals surface area contributed by atoms with Crippen molar-refractivity contribution >= 4 is 11.6 Å². The van der Waals surface area contributed by atoms with E-state index in [1.54, 1.807) is 23.3 Å². The first-order chi connectivity index (χ1) is 15.8. The van der Waals surface area contributed by atoms with Crippen molar-refractivity contribution in [3.05, 3.63) is 103 Å². The molecule has 5 nitrogen and oxygen atoms in total. The van der Waals surface area contributed by atoms with Crippen LogP contribution in [-0.2, 0) is 17.5 Å². The van der Waals surface area contributed by atoms with Crippen LogP contribution in [0.3, 0.4) is 0 Å². The second-order valence-electron chi connectivity index (χ2n) is 7.33. The zero-order valence-corrected chi connectivity index (χ0v) is 17.4. The Balaban J connectivity index is 1.52. The number of anilines is 1. The third kappa shape index (κ3) is 5.35. The molecule has 166 valence electrons. The van der Waals surface area contributed by atoms with E-state index in [4.69, 9.17) is 0 Å². The molecule has 4 rings (SSSR count). The van der Waals surface area contributed by atoms with E-state index in [0.29, 0.717) is 12.2 Å². The summed E-state index contributed by atoms with van der Waals surface area (Å²) >= 11 is 0. The number of hydrogen-bond acceptors (Lipinski definition) is 3. The van der Waals surface area contributed by atoms with Crippen LogP contribution in [0.1, 0.15) is 11.1 Å². The van der Waals surface area contributed by atoms with Crippen LogP contribution in [0.25, 0.3) is 22.4 Å². The summed E-state index contributed by atoms with van der Waals surface area (Å²) in [6.45, 7) is 3.79. The zero-order valence-electron chi connectivity index (χ0n) is 17.4. The Morgan fingerprint density at radius 3 is 2.48 bits per heavy atom. The number of amides is 1. The van der Waals surface area contributed by atoms with Crippen molar-refractivity contribution in [1.29, 1.82) is 0 Å². The summed E-state index contributed by atoms with van der Waals surface area (Å²) in [4.78, 5) is 15.7. The molecule has 0 spiro atoms. The van der Waals surface area contributed by atoms with Gasteiger partial charge in [-0.3, -0.25) is 14.5 Å². The van der Waals surface area contributed by atoms with E-state index in [9.17, 15) is 18.0 Å². The van der Waals surface area contributed by atoms with E-state index in [2.05, 4.69) is 22.0 Å². The summed E-state index contributed by atoms with van der Waals surface area (Å²) in [6.07, 6.45) is 1.87. The van der Waals surface area contributed by atoms with Crippen molar-refractivity contribution in [1.82, 2.24) is 14.8 Å². The summed E-state index contributed by atoms with van der Waals surface area (Å²) in [6, 6.07) is 16.4. The molecule has 0 saturated carbocycles. The predicted octanol–water partition coefficient (Wildman–Crippen LogP) is 5.80. The Labute approximate surface area is 188 Å². The molecule has 8 heteroatoms. The predicted molar refractivity (Wildman–Crippen MR) is 120 cm³/mol. The van der Waals surface area contributed by atoms with Crippen molar-refractivity contribution in [3.8, 4) is 22.4 Å². The second kappa shape index (κ2) is 9.12. The van der Waals surface area contributed by atoms with Crippen molar-refractivity contribution in [3.63, 3.8) is 0 Å². The first-order valence-electron chi connectivity index (χ1n) is 10.0. The topological polar surface area (TPSA) is 59.8 Å². The summed E-state index contributed by atoms with van der Waals surface area (Å²) in [5.41, 5.74) is 3.92. The van der Waals surface area contributed by atoms with Gasteiger partial charge in [0.2, 0.25) is 5.91 Å². The molecular formula is C25H19F3N4O. The van der Waals surface area contributed by atoms with E-state index < -0.39 is 11.7 Å². The molecule has 0 fully saturated rings. The maximum absolute atomic E-state index is 12.7. The van der Waals surface area contributed by atoms with Crippen LogP contribution >= 0.6 is 0 Å². The number of carbonyl (C=O) groups is 1. The molecule has 1 amide bonds. The number of aromatic nitrogens is 3. The van der Waals surface area contributed by atoms with Gasteiger partial charge in [-0.1, -0.05) is 36.9 Å². The lowest BCUT2D eigenvalue weighted by Crippen LogP contribution is -2.07. The lowest BCUT2D eigenvalue weighted by molar-refractivity contribution is -0.137. The first-order valence-corrected chi connectivity index (χ1v) is 10.0. The van der Waals surface area contributed by atoms with Gasteiger partial charge < -0.3 is 5.32 Å². The fourth-order valence-electron chi connectivity index (χ4n) is 3.31. The van der Waals surface area contributed by atoms with Gasteiger partial charge in [0.15, 0.2) is 0 Å². The molecule has 0 aliphatic rings. The number of alkyl halides is 3. The maximum Gasteiger partial charge on any atom is 0.416 e. The van der Waals surface area contributed by atoms with Gasteiger partial charge in [0.25, 0.3) is 0 Å². The molecule has 4 aromatic rings. The van der Waals surface area contributed by atoms with Crippen LogP contribution in [0.15, 0.2) is 91.9 Å². The van der Waals surface area contributed by atoms with Crippen LogP contribution in [0.4, 0.5) is 18.9 Å². The monoisotopic (exact) mass is 448 g/mol. The molecule has 0 aliphatic heterocycles. The molecule has 0 aliphatic carbocycles. The van der Waals surface area contributed by atoms with Gasteiger partial charge in [0.1, 0.15) is 0 Å². The summed E-state index contributed by atoms with van der Waals surface area (Å²) in [7, 11) is 0. The van der Waals surface area contributed by atoms with Crippen LogP contribution in [0.5, 0.6) is 0 Å². The van der Waals surface area contributed by atoms with Crippen molar-refractivity contribution in [2.24, 2.45) is 0 Å². The molecule has 0 radical (unpaired) electrons. The molecule has 0 atom stereocenters. The molecule has 0 saturated heterocycles. The smallest absolute Gasteiger partial charge is 0.321 e. The molecule has 2 aromatic heterocycles. The fraction of sp³-hybridized carbons (Fsp3) is 0.0800. The van der Waals surface area contributed by atoms with E-state index in [1.807, 2.05) is 36.4 Å².